The van der Waals surface area contributed by atoms with Gasteiger partial charge >= 0.3 is 5.97 Å². The Kier molecular flexibility index (Phi) is 5.74. The molecule has 0 radical (unpaired) electrons. The second kappa shape index (κ2) is 7.26. The van der Waals surface area contributed by atoms with Crippen LogP contribution in [0.4, 0.5) is 0 Å². The summed E-state index contributed by atoms with van der Waals surface area (Å²) in [5.41, 5.74) is -1.35. The number of carbonyl (C=O) groups is 5. The number of hydrogen-bond acceptors (Lipinski definition) is 7. The van der Waals surface area contributed by atoms with Gasteiger partial charge in [0, 0.05) is 32.1 Å². The van der Waals surface area contributed by atoms with Crippen LogP contribution < -0.4 is 0 Å². The summed E-state index contributed by atoms with van der Waals surface area (Å²) < 4.78 is 0. The third-order valence-corrected chi connectivity index (χ3v) is 6.63. The maximum Gasteiger partial charge on any atom is 0.326 e. The minimum absolute atomic E-state index is 0.110. The van der Waals surface area contributed by atoms with E-state index in [0.717, 1.165) is 16.7 Å². The SMILES string of the molecule is CSC(CSC(C)=O)C(=O)N1CC2(C[C@H]1C(=O)O)C(=O)CCC2=O. The normalized spacial score (nSPS) is 23.8. The van der Waals surface area contributed by atoms with Gasteiger partial charge in [-0.3, -0.25) is 19.2 Å². The minimum Gasteiger partial charge on any atom is -0.480 e. The van der Waals surface area contributed by atoms with Crippen LogP contribution in [-0.2, 0) is 24.0 Å². The molecular weight excluding hydrogens is 354 g/mol. The number of carboxylic acid groups (broad SMARTS) is 1. The lowest BCUT2D eigenvalue weighted by molar-refractivity contribution is -0.147. The molecule has 9 heteroatoms. The van der Waals surface area contributed by atoms with Gasteiger partial charge in [-0.2, -0.15) is 11.8 Å². The van der Waals surface area contributed by atoms with Gasteiger partial charge in [-0.15, -0.1) is 0 Å². The number of thioether (sulfide) groups is 2. The van der Waals surface area contributed by atoms with Crippen molar-refractivity contribution in [2.45, 2.75) is 37.5 Å². The second-order valence-electron chi connectivity index (χ2n) is 5.98. The Labute approximate surface area is 147 Å². The van der Waals surface area contributed by atoms with Gasteiger partial charge in [0.15, 0.2) is 5.12 Å². The van der Waals surface area contributed by atoms with Crippen molar-refractivity contribution in [1.29, 1.82) is 0 Å². The molecule has 1 heterocycles. The third-order valence-electron chi connectivity index (χ3n) is 4.57. The predicted octanol–water partition coefficient (Wildman–Crippen LogP) is 0.602. The number of aliphatic carboxylic acids is 1. The first-order valence-electron chi connectivity index (χ1n) is 7.49. The Balaban J connectivity index is 2.24. The van der Waals surface area contributed by atoms with Crippen LogP contribution in [-0.4, -0.2) is 68.4 Å². The van der Waals surface area contributed by atoms with Crippen molar-refractivity contribution in [2.75, 3.05) is 18.6 Å². The van der Waals surface area contributed by atoms with Crippen molar-refractivity contribution in [1.82, 2.24) is 4.90 Å². The summed E-state index contributed by atoms with van der Waals surface area (Å²) in [6, 6.07) is -1.18. The van der Waals surface area contributed by atoms with Crippen LogP contribution in [0.2, 0.25) is 0 Å². The van der Waals surface area contributed by atoms with Crippen molar-refractivity contribution in [3.05, 3.63) is 0 Å². The van der Waals surface area contributed by atoms with Crippen LogP contribution in [0.15, 0.2) is 0 Å². The molecular formula is C15H19NO6S2. The Morgan fingerprint density at radius 2 is 1.88 bits per heavy atom. The number of likely N-dealkylation sites (tertiary alicyclic amines) is 1. The molecule has 1 amide bonds. The third kappa shape index (κ3) is 3.37. The fourth-order valence-electron chi connectivity index (χ4n) is 3.24. The topological polar surface area (TPSA) is 109 Å². The maximum absolute atomic E-state index is 12.8. The number of rotatable bonds is 5. The summed E-state index contributed by atoms with van der Waals surface area (Å²) in [7, 11) is 0. The van der Waals surface area contributed by atoms with E-state index >= 15 is 0 Å². The summed E-state index contributed by atoms with van der Waals surface area (Å²) >= 11 is 2.22. The highest BCUT2D eigenvalue weighted by Gasteiger charge is 2.59. The quantitative estimate of drug-likeness (QED) is 0.698. The van der Waals surface area contributed by atoms with Gasteiger partial charge in [-0.25, -0.2) is 4.79 Å². The minimum atomic E-state index is -1.35. The lowest BCUT2D eigenvalue weighted by Gasteiger charge is -2.26. The molecule has 1 spiro atoms. The highest BCUT2D eigenvalue weighted by atomic mass is 32.2. The molecule has 7 nitrogen and oxygen atoms in total. The first-order chi connectivity index (χ1) is 11.2. The Bertz CT molecular complexity index is 589. The van der Waals surface area contributed by atoms with Crippen molar-refractivity contribution in [2.24, 2.45) is 5.41 Å². The molecule has 0 bridgehead atoms. The predicted molar refractivity (Wildman–Crippen MR) is 89.9 cm³/mol. The van der Waals surface area contributed by atoms with Gasteiger partial charge < -0.3 is 10.0 Å². The molecule has 1 unspecified atom stereocenters. The van der Waals surface area contributed by atoms with E-state index in [-0.39, 0.29) is 48.2 Å². The van der Waals surface area contributed by atoms with E-state index in [1.165, 1.54) is 18.7 Å². The number of amides is 1. The van der Waals surface area contributed by atoms with E-state index in [1.54, 1.807) is 6.26 Å². The fourth-order valence-corrected chi connectivity index (χ4v) is 4.86. The largest absolute Gasteiger partial charge is 0.480 e. The zero-order valence-corrected chi connectivity index (χ0v) is 15.1. The molecule has 2 rings (SSSR count). The van der Waals surface area contributed by atoms with E-state index < -0.39 is 28.6 Å². The molecule has 1 aliphatic carbocycles. The molecule has 2 aliphatic rings. The maximum atomic E-state index is 12.8. The standard InChI is InChI=1S/C15H19NO6S2/c1-8(17)24-6-10(23-2)13(20)16-7-15(5-9(16)14(21)22)11(18)3-4-12(15)19/h9-10H,3-7H2,1-2H3,(H,21,22)/t9-,10?/m0/s1. The molecule has 1 saturated heterocycles. The van der Waals surface area contributed by atoms with Crippen molar-refractivity contribution >= 4 is 52.1 Å². The summed E-state index contributed by atoms with van der Waals surface area (Å²) in [6.45, 7) is 1.23. The number of nitrogens with zero attached hydrogens (tertiary/aromatic N) is 1. The van der Waals surface area contributed by atoms with E-state index in [4.69, 9.17) is 0 Å². The molecule has 0 aromatic heterocycles. The summed E-state index contributed by atoms with van der Waals surface area (Å²) in [4.78, 5) is 61.0. The van der Waals surface area contributed by atoms with Crippen LogP contribution in [0.1, 0.15) is 26.2 Å². The van der Waals surface area contributed by atoms with E-state index in [2.05, 4.69) is 0 Å². The van der Waals surface area contributed by atoms with Gasteiger partial charge in [0.1, 0.15) is 23.0 Å². The summed E-state index contributed by atoms with van der Waals surface area (Å²) in [5, 5.41) is 8.71. The first-order valence-corrected chi connectivity index (χ1v) is 9.76. The van der Waals surface area contributed by atoms with Crippen molar-refractivity contribution in [3.63, 3.8) is 0 Å². The lowest BCUT2D eigenvalue weighted by atomic mass is 9.82. The molecule has 0 aromatic carbocycles. The van der Waals surface area contributed by atoms with Gasteiger partial charge in [-0.05, 0) is 12.7 Å². The van der Waals surface area contributed by atoms with Gasteiger partial charge in [0.2, 0.25) is 5.91 Å². The Hall–Kier alpha value is -1.35. The summed E-state index contributed by atoms with van der Waals surface area (Å²) in [5.74, 6) is -1.96. The first kappa shape index (κ1) is 19.0. The lowest BCUT2D eigenvalue weighted by Crippen LogP contribution is -2.46. The zero-order valence-electron chi connectivity index (χ0n) is 13.4. The van der Waals surface area contributed by atoms with Crippen LogP contribution in [0, 0.1) is 5.41 Å². The fraction of sp³-hybridized carbons (Fsp3) is 0.667. The van der Waals surface area contributed by atoms with E-state index in [0.29, 0.717) is 0 Å². The van der Waals surface area contributed by atoms with E-state index in [9.17, 15) is 29.1 Å². The van der Waals surface area contributed by atoms with Gasteiger partial charge in [0.25, 0.3) is 0 Å². The molecule has 1 N–H and O–H groups in total. The molecule has 1 aliphatic heterocycles. The number of Topliss-reactive ketones (excluding diaryl/α,β-unsaturated/α-hetero) is 2. The molecule has 24 heavy (non-hydrogen) atoms. The molecule has 2 atom stereocenters. The Morgan fingerprint density at radius 1 is 1.29 bits per heavy atom. The Morgan fingerprint density at radius 3 is 2.33 bits per heavy atom. The zero-order chi connectivity index (χ0) is 18.1. The van der Waals surface area contributed by atoms with Crippen molar-refractivity contribution < 1.29 is 29.1 Å². The van der Waals surface area contributed by atoms with Crippen LogP contribution in [0.25, 0.3) is 0 Å². The molecule has 1 saturated carbocycles. The van der Waals surface area contributed by atoms with Crippen LogP contribution in [0.5, 0.6) is 0 Å². The number of ketones is 2. The second-order valence-corrected chi connectivity index (χ2v) is 8.22. The summed E-state index contributed by atoms with van der Waals surface area (Å²) in [6.07, 6.45) is 1.78. The van der Waals surface area contributed by atoms with Crippen LogP contribution in [0.3, 0.4) is 0 Å². The average Bonchev–Trinajstić information content (AvgIpc) is 3.05. The smallest absolute Gasteiger partial charge is 0.326 e. The highest BCUT2D eigenvalue weighted by molar-refractivity contribution is 8.14. The van der Waals surface area contributed by atoms with Gasteiger partial charge in [0.05, 0.1) is 5.25 Å². The van der Waals surface area contributed by atoms with Crippen LogP contribution >= 0.6 is 23.5 Å². The number of hydrogen-bond donors (Lipinski definition) is 1. The van der Waals surface area contributed by atoms with Crippen molar-refractivity contribution in [3.8, 4) is 0 Å². The highest BCUT2D eigenvalue weighted by Crippen LogP contribution is 2.43. The number of carboxylic acids is 1. The monoisotopic (exact) mass is 373 g/mol. The average molecular weight is 373 g/mol. The molecule has 132 valence electrons. The molecule has 0 aromatic rings. The van der Waals surface area contributed by atoms with E-state index in [1.807, 2.05) is 0 Å². The molecule has 2 fully saturated rings. The van der Waals surface area contributed by atoms with Gasteiger partial charge in [-0.1, -0.05) is 11.8 Å². The number of carbonyl (C=O) groups excluding carboxylic acids is 4.